The summed E-state index contributed by atoms with van der Waals surface area (Å²) in [6.45, 7) is 8.11. The Morgan fingerprint density at radius 2 is 1.90 bits per heavy atom. The molecule has 1 rings (SSSR count). The maximum absolute atomic E-state index is 11.9. The van der Waals surface area contributed by atoms with Crippen LogP contribution in [-0.2, 0) is 20.7 Å². The molecule has 0 aliphatic heterocycles. The maximum Gasteiger partial charge on any atom is 0.310 e. The minimum Gasteiger partial charge on any atom is -0.504 e. The summed E-state index contributed by atoms with van der Waals surface area (Å²) in [5.74, 6) is -0.835. The largest absolute Gasteiger partial charge is 0.504 e. The van der Waals surface area contributed by atoms with Crippen LogP contribution in [0.25, 0.3) is 0 Å². The van der Waals surface area contributed by atoms with Gasteiger partial charge in [0.05, 0.1) is 19.1 Å². The molecule has 2 N–H and O–H groups in total. The van der Waals surface area contributed by atoms with E-state index in [0.717, 1.165) is 0 Å². The van der Waals surface area contributed by atoms with Crippen molar-refractivity contribution >= 4 is 5.97 Å². The first-order valence-corrected chi connectivity index (χ1v) is 7.04. The van der Waals surface area contributed by atoms with E-state index in [1.54, 1.807) is 6.07 Å². The average Bonchev–Trinajstić information content (AvgIpc) is 2.32. The molecule has 21 heavy (non-hydrogen) atoms. The van der Waals surface area contributed by atoms with Gasteiger partial charge in [0.15, 0.2) is 11.5 Å². The molecule has 0 fully saturated rings. The number of carbonyl (C=O) groups is 1. The summed E-state index contributed by atoms with van der Waals surface area (Å²) in [4.78, 5) is 11.9. The van der Waals surface area contributed by atoms with E-state index in [0.29, 0.717) is 18.6 Å². The summed E-state index contributed by atoms with van der Waals surface area (Å²) in [5.41, 5.74) is -0.0187. The lowest BCUT2D eigenvalue weighted by atomic mass is 10.1. The fourth-order valence-electron chi connectivity index (χ4n) is 1.78. The fourth-order valence-corrected chi connectivity index (χ4v) is 1.78. The van der Waals surface area contributed by atoms with Gasteiger partial charge in [-0.05, 0) is 45.4 Å². The highest BCUT2D eigenvalue weighted by atomic mass is 16.6. The van der Waals surface area contributed by atoms with Crippen molar-refractivity contribution in [1.82, 2.24) is 0 Å². The van der Waals surface area contributed by atoms with E-state index >= 15 is 0 Å². The standard InChI is InChI=1S/C16H24O5/c1-11(2)20-8-7-16(3,4)21-15(19)10-12-5-6-13(17)14(18)9-12/h5-6,9,11,17-18H,7-8,10H2,1-4H3. The van der Waals surface area contributed by atoms with Gasteiger partial charge in [0.2, 0.25) is 0 Å². The molecule has 1 aromatic carbocycles. The third kappa shape index (κ3) is 6.49. The fraction of sp³-hybridized carbons (Fsp3) is 0.562. The van der Waals surface area contributed by atoms with E-state index < -0.39 is 5.60 Å². The van der Waals surface area contributed by atoms with Crippen molar-refractivity contribution in [3.05, 3.63) is 23.8 Å². The van der Waals surface area contributed by atoms with Crippen molar-refractivity contribution in [1.29, 1.82) is 0 Å². The molecule has 0 amide bonds. The van der Waals surface area contributed by atoms with Crippen LogP contribution >= 0.6 is 0 Å². The van der Waals surface area contributed by atoms with Crippen LogP contribution in [0.15, 0.2) is 18.2 Å². The van der Waals surface area contributed by atoms with Crippen molar-refractivity contribution in [2.45, 2.75) is 52.2 Å². The van der Waals surface area contributed by atoms with Crippen molar-refractivity contribution in [2.24, 2.45) is 0 Å². The van der Waals surface area contributed by atoms with E-state index in [9.17, 15) is 15.0 Å². The first-order valence-electron chi connectivity index (χ1n) is 7.04. The molecule has 5 heteroatoms. The van der Waals surface area contributed by atoms with Crippen molar-refractivity contribution in [3.8, 4) is 11.5 Å². The Morgan fingerprint density at radius 3 is 2.48 bits per heavy atom. The third-order valence-electron chi connectivity index (χ3n) is 2.93. The van der Waals surface area contributed by atoms with Crippen LogP contribution in [0, 0.1) is 0 Å². The molecule has 0 atom stereocenters. The number of phenolic OH excluding ortho intramolecular Hbond substituents is 2. The van der Waals surface area contributed by atoms with E-state index in [2.05, 4.69) is 0 Å². The molecule has 5 nitrogen and oxygen atoms in total. The first-order chi connectivity index (χ1) is 9.69. The topological polar surface area (TPSA) is 76.0 Å². The zero-order valence-electron chi connectivity index (χ0n) is 13.0. The molecule has 0 saturated heterocycles. The van der Waals surface area contributed by atoms with Crippen LogP contribution in [0.5, 0.6) is 11.5 Å². The van der Waals surface area contributed by atoms with Gasteiger partial charge in [-0.25, -0.2) is 0 Å². The number of carbonyl (C=O) groups excluding carboxylic acids is 1. The molecular formula is C16H24O5. The van der Waals surface area contributed by atoms with Gasteiger partial charge in [-0.15, -0.1) is 0 Å². The van der Waals surface area contributed by atoms with Gasteiger partial charge in [0, 0.05) is 6.42 Å². The lowest BCUT2D eigenvalue weighted by molar-refractivity contribution is -0.157. The minimum atomic E-state index is -0.606. The maximum atomic E-state index is 11.9. The van der Waals surface area contributed by atoms with Crippen LogP contribution < -0.4 is 0 Å². The molecule has 0 aromatic heterocycles. The molecule has 0 radical (unpaired) electrons. The second-order valence-corrected chi connectivity index (χ2v) is 5.90. The highest BCUT2D eigenvalue weighted by molar-refractivity contribution is 5.73. The van der Waals surface area contributed by atoms with E-state index in [4.69, 9.17) is 9.47 Å². The van der Waals surface area contributed by atoms with Crippen molar-refractivity contribution < 1.29 is 24.5 Å². The van der Waals surface area contributed by atoms with Crippen molar-refractivity contribution in [3.63, 3.8) is 0 Å². The summed E-state index contributed by atoms with van der Waals surface area (Å²) in [7, 11) is 0. The third-order valence-corrected chi connectivity index (χ3v) is 2.93. The van der Waals surface area contributed by atoms with Gasteiger partial charge in [-0.1, -0.05) is 6.07 Å². The zero-order valence-corrected chi connectivity index (χ0v) is 13.0. The molecular weight excluding hydrogens is 272 g/mol. The first kappa shape index (κ1) is 17.3. The molecule has 0 aliphatic carbocycles. The zero-order chi connectivity index (χ0) is 16.0. The van der Waals surface area contributed by atoms with Gasteiger partial charge in [0.25, 0.3) is 0 Å². The van der Waals surface area contributed by atoms with Gasteiger partial charge in [-0.2, -0.15) is 0 Å². The molecule has 1 aromatic rings. The van der Waals surface area contributed by atoms with Gasteiger partial charge < -0.3 is 19.7 Å². The summed E-state index contributed by atoms with van der Waals surface area (Å²) in [5, 5.41) is 18.6. The number of benzene rings is 1. The highest BCUT2D eigenvalue weighted by Crippen LogP contribution is 2.25. The van der Waals surface area contributed by atoms with Crippen LogP contribution in [0.3, 0.4) is 0 Å². The van der Waals surface area contributed by atoms with Crippen molar-refractivity contribution in [2.75, 3.05) is 6.61 Å². The number of phenols is 2. The number of hydrogen-bond acceptors (Lipinski definition) is 5. The normalized spacial score (nSPS) is 11.7. The Balaban J connectivity index is 2.49. The molecule has 0 aliphatic rings. The Labute approximate surface area is 125 Å². The van der Waals surface area contributed by atoms with E-state index in [1.165, 1.54) is 12.1 Å². The molecule has 0 saturated carbocycles. The summed E-state index contributed by atoms with van der Waals surface area (Å²) in [6.07, 6.45) is 0.802. The second kappa shape index (κ2) is 7.31. The minimum absolute atomic E-state index is 0.0440. The molecule has 0 heterocycles. The summed E-state index contributed by atoms with van der Waals surface area (Å²) < 4.78 is 10.9. The van der Waals surface area contributed by atoms with Crippen LogP contribution in [0.4, 0.5) is 0 Å². The number of rotatable bonds is 7. The van der Waals surface area contributed by atoms with Crippen LogP contribution in [-0.4, -0.2) is 34.5 Å². The average molecular weight is 296 g/mol. The smallest absolute Gasteiger partial charge is 0.310 e. The van der Waals surface area contributed by atoms with Crippen LogP contribution in [0.2, 0.25) is 0 Å². The van der Waals surface area contributed by atoms with Gasteiger partial charge in [0.1, 0.15) is 5.60 Å². The molecule has 0 unspecified atom stereocenters. The molecule has 0 spiro atoms. The SMILES string of the molecule is CC(C)OCCC(C)(C)OC(=O)Cc1ccc(O)c(O)c1. The van der Waals surface area contributed by atoms with Gasteiger partial charge >= 0.3 is 5.97 Å². The number of esters is 1. The van der Waals surface area contributed by atoms with Crippen LogP contribution in [0.1, 0.15) is 39.7 Å². The van der Waals surface area contributed by atoms with Gasteiger partial charge in [-0.3, -0.25) is 4.79 Å². The Hall–Kier alpha value is -1.75. The lowest BCUT2D eigenvalue weighted by Gasteiger charge is -2.25. The Bertz CT molecular complexity index is 480. The summed E-state index contributed by atoms with van der Waals surface area (Å²) >= 11 is 0. The predicted octanol–water partition coefficient (Wildman–Crippen LogP) is 2.78. The lowest BCUT2D eigenvalue weighted by Crippen LogP contribution is -2.30. The predicted molar refractivity (Wildman–Crippen MR) is 79.4 cm³/mol. The quantitative estimate of drug-likeness (QED) is 0.597. The molecule has 118 valence electrons. The van der Waals surface area contributed by atoms with E-state index in [1.807, 2.05) is 27.7 Å². The monoisotopic (exact) mass is 296 g/mol. The summed E-state index contributed by atoms with van der Waals surface area (Å²) in [6, 6.07) is 4.27. The number of hydrogen-bond donors (Lipinski definition) is 2. The number of aromatic hydroxyl groups is 2. The molecule has 0 bridgehead atoms. The Kier molecular flexibility index (Phi) is 6.03. The second-order valence-electron chi connectivity index (χ2n) is 5.90. The Morgan fingerprint density at radius 1 is 1.24 bits per heavy atom. The number of ether oxygens (including phenoxy) is 2. The van der Waals surface area contributed by atoms with E-state index in [-0.39, 0.29) is 30.0 Å². The highest BCUT2D eigenvalue weighted by Gasteiger charge is 2.23.